The first-order chi connectivity index (χ1) is 14.9. The number of carbonyl (C=O) groups excluding carboxylic acids is 1. The molecule has 4 nitrogen and oxygen atoms in total. The number of ketones is 1. The molecule has 5 fully saturated rings. The first kappa shape index (κ1) is 22.3. The molecule has 4 saturated carbocycles. The van der Waals surface area contributed by atoms with Gasteiger partial charge in [0.25, 0.3) is 0 Å². The van der Waals surface area contributed by atoms with E-state index in [1.165, 1.54) is 58.0 Å². The number of hydrogen-bond acceptors (Lipinski definition) is 4. The number of piperidine rings is 1. The minimum atomic E-state index is -0.438. The van der Waals surface area contributed by atoms with Crippen LogP contribution in [-0.4, -0.2) is 41.8 Å². The first-order valence-electron chi connectivity index (χ1n) is 13.4. The largest absolute Gasteiger partial charge is 0.396 e. The Morgan fingerprint density at radius 2 is 1.68 bits per heavy atom. The highest BCUT2D eigenvalue weighted by Gasteiger charge is 2.64. The van der Waals surface area contributed by atoms with Crippen molar-refractivity contribution < 1.29 is 15.0 Å². The van der Waals surface area contributed by atoms with E-state index in [1.807, 2.05) is 0 Å². The van der Waals surface area contributed by atoms with Gasteiger partial charge in [0.1, 0.15) is 5.78 Å². The van der Waals surface area contributed by atoms with Crippen LogP contribution >= 0.6 is 0 Å². The lowest BCUT2D eigenvalue weighted by molar-refractivity contribution is -0.201. The summed E-state index contributed by atoms with van der Waals surface area (Å²) in [5, 5.41) is 25.5. The van der Waals surface area contributed by atoms with Gasteiger partial charge in [0.15, 0.2) is 0 Å². The number of rotatable bonds is 4. The van der Waals surface area contributed by atoms with Crippen LogP contribution in [0, 0.1) is 52.3 Å². The van der Waals surface area contributed by atoms with Gasteiger partial charge in [-0.1, -0.05) is 26.7 Å². The Kier molecular flexibility index (Phi) is 6.06. The molecule has 0 aromatic heterocycles. The average molecular weight is 432 g/mol. The highest BCUT2D eigenvalue weighted by atomic mass is 16.3. The second kappa shape index (κ2) is 8.40. The number of Topliss-reactive ketones (excluding diaryl/α,β-unsaturated/α-hetero) is 1. The zero-order valence-electron chi connectivity index (χ0n) is 19.8. The van der Waals surface area contributed by atoms with Gasteiger partial charge < -0.3 is 15.5 Å². The molecule has 3 N–H and O–H groups in total. The molecule has 1 saturated heterocycles. The van der Waals surface area contributed by atoms with Gasteiger partial charge >= 0.3 is 0 Å². The standard InChI is InChI=1S/C27H45NO3/c1-26-11-7-18(4-3-17-9-13-28-14-10-17)15-22(26)19(16-29)25(31)24-20-5-6-23(30)27(20,2)12-8-21(24)26/h17-22,24-25,28-29,31H,3-16H2,1-2H3/t18?,19-,20?,21?,22?,24?,25-,26-,27+/m1/s1. The number of aliphatic hydroxyl groups is 2. The van der Waals surface area contributed by atoms with Gasteiger partial charge in [0.2, 0.25) is 0 Å². The molecule has 0 aromatic rings. The summed E-state index contributed by atoms with van der Waals surface area (Å²) < 4.78 is 0. The van der Waals surface area contributed by atoms with Gasteiger partial charge in [-0.25, -0.2) is 0 Å². The molecular weight excluding hydrogens is 386 g/mol. The summed E-state index contributed by atoms with van der Waals surface area (Å²) in [5.41, 5.74) is -0.00702. The normalized spacial score (nSPS) is 50.6. The van der Waals surface area contributed by atoms with Gasteiger partial charge in [-0.3, -0.25) is 4.79 Å². The third kappa shape index (κ3) is 3.54. The maximum atomic E-state index is 12.7. The summed E-state index contributed by atoms with van der Waals surface area (Å²) in [6, 6.07) is 0. The number of nitrogens with one attached hydrogen (secondary N) is 1. The third-order valence-corrected chi connectivity index (χ3v) is 11.4. The second-order valence-corrected chi connectivity index (χ2v) is 12.6. The third-order valence-electron chi connectivity index (χ3n) is 11.4. The predicted octanol–water partition coefficient (Wildman–Crippen LogP) is 4.18. The van der Waals surface area contributed by atoms with Gasteiger partial charge in [0, 0.05) is 24.4 Å². The summed E-state index contributed by atoms with van der Waals surface area (Å²) in [5.74, 6) is 3.54. The average Bonchev–Trinajstić information content (AvgIpc) is 3.08. The highest BCUT2D eigenvalue weighted by molar-refractivity contribution is 5.87. The Morgan fingerprint density at radius 3 is 2.42 bits per heavy atom. The summed E-state index contributed by atoms with van der Waals surface area (Å²) in [4.78, 5) is 12.7. The van der Waals surface area contributed by atoms with Crippen LogP contribution in [0.5, 0.6) is 0 Å². The van der Waals surface area contributed by atoms with Crippen LogP contribution in [0.2, 0.25) is 0 Å². The highest BCUT2D eigenvalue weighted by Crippen LogP contribution is 2.67. The van der Waals surface area contributed by atoms with Gasteiger partial charge in [-0.2, -0.15) is 0 Å². The van der Waals surface area contributed by atoms with Crippen LogP contribution in [0.3, 0.4) is 0 Å². The monoisotopic (exact) mass is 431 g/mol. The molecule has 0 spiro atoms. The fraction of sp³-hybridized carbons (Fsp3) is 0.963. The lowest BCUT2D eigenvalue weighted by atomic mass is 9.41. The summed E-state index contributed by atoms with van der Waals surface area (Å²) in [7, 11) is 0. The maximum absolute atomic E-state index is 12.7. The van der Waals surface area contributed by atoms with Crippen LogP contribution in [0.1, 0.15) is 84.5 Å². The first-order valence-corrected chi connectivity index (χ1v) is 13.4. The van der Waals surface area contributed by atoms with Gasteiger partial charge in [-0.05, 0) is 105 Å². The Bertz CT molecular complexity index is 675. The second-order valence-electron chi connectivity index (χ2n) is 12.6. The van der Waals surface area contributed by atoms with Crippen molar-refractivity contribution in [2.75, 3.05) is 19.7 Å². The van der Waals surface area contributed by atoms with Crippen molar-refractivity contribution in [2.24, 2.45) is 52.3 Å². The molecule has 4 aliphatic carbocycles. The number of aliphatic hydroxyl groups excluding tert-OH is 2. The topological polar surface area (TPSA) is 69.6 Å². The lowest BCUT2D eigenvalue weighted by Crippen LogP contribution is -2.62. The molecule has 1 aliphatic heterocycles. The van der Waals surface area contributed by atoms with E-state index in [4.69, 9.17) is 0 Å². The Balaban J connectivity index is 1.34. The molecule has 5 aliphatic rings. The van der Waals surface area contributed by atoms with E-state index in [-0.39, 0.29) is 29.3 Å². The predicted molar refractivity (Wildman–Crippen MR) is 122 cm³/mol. The number of hydrogen-bond donors (Lipinski definition) is 3. The molecule has 0 bridgehead atoms. The molecule has 0 aromatic carbocycles. The lowest BCUT2D eigenvalue weighted by Gasteiger charge is -2.64. The van der Waals surface area contributed by atoms with Crippen LogP contribution in [0.15, 0.2) is 0 Å². The van der Waals surface area contributed by atoms with Gasteiger partial charge in [-0.15, -0.1) is 0 Å². The molecule has 9 atom stereocenters. The summed E-state index contributed by atoms with van der Waals surface area (Å²) in [6.07, 6.45) is 12.4. The molecule has 0 radical (unpaired) electrons. The van der Waals surface area contributed by atoms with E-state index in [2.05, 4.69) is 19.2 Å². The Morgan fingerprint density at radius 1 is 0.935 bits per heavy atom. The quantitative estimate of drug-likeness (QED) is 0.624. The van der Waals surface area contributed by atoms with Crippen molar-refractivity contribution in [1.82, 2.24) is 5.32 Å². The Hall–Kier alpha value is -0.450. The zero-order valence-corrected chi connectivity index (χ0v) is 19.8. The smallest absolute Gasteiger partial charge is 0.139 e. The van der Waals surface area contributed by atoms with E-state index in [0.717, 1.165) is 31.1 Å². The summed E-state index contributed by atoms with van der Waals surface area (Å²) in [6.45, 7) is 7.13. The van der Waals surface area contributed by atoms with Crippen LogP contribution in [0.4, 0.5) is 0 Å². The minimum Gasteiger partial charge on any atom is -0.396 e. The molecule has 5 unspecified atom stereocenters. The van der Waals surface area contributed by atoms with Crippen molar-refractivity contribution in [3.8, 4) is 0 Å². The molecule has 1 heterocycles. The van der Waals surface area contributed by atoms with E-state index in [1.54, 1.807) is 0 Å². The van der Waals surface area contributed by atoms with Gasteiger partial charge in [0.05, 0.1) is 6.10 Å². The minimum absolute atomic E-state index is 0.00835. The van der Waals surface area contributed by atoms with E-state index in [9.17, 15) is 15.0 Å². The fourth-order valence-electron chi connectivity index (χ4n) is 9.45. The fourth-order valence-corrected chi connectivity index (χ4v) is 9.45. The molecule has 5 rings (SSSR count). The van der Waals surface area contributed by atoms with Crippen molar-refractivity contribution in [2.45, 2.75) is 90.6 Å². The van der Waals surface area contributed by atoms with Crippen molar-refractivity contribution >= 4 is 5.78 Å². The van der Waals surface area contributed by atoms with E-state index in [0.29, 0.717) is 30.0 Å². The van der Waals surface area contributed by atoms with Crippen LogP contribution < -0.4 is 5.32 Å². The van der Waals surface area contributed by atoms with Crippen LogP contribution in [0.25, 0.3) is 0 Å². The molecular formula is C27H45NO3. The van der Waals surface area contributed by atoms with Crippen molar-refractivity contribution in [3.63, 3.8) is 0 Å². The van der Waals surface area contributed by atoms with Crippen LogP contribution in [-0.2, 0) is 4.79 Å². The Labute approximate surface area is 188 Å². The number of fused-ring (bicyclic) bond motifs is 5. The molecule has 4 heteroatoms. The van der Waals surface area contributed by atoms with E-state index >= 15 is 0 Å². The van der Waals surface area contributed by atoms with Crippen molar-refractivity contribution in [3.05, 3.63) is 0 Å². The zero-order chi connectivity index (χ0) is 21.8. The molecule has 31 heavy (non-hydrogen) atoms. The SMILES string of the molecule is C[C@]12CCC(CCC3CCNCC3)CC1[C@@H](CO)[C@@H](O)C1C2CC[C@]2(C)C(=O)CCC12. The van der Waals surface area contributed by atoms with E-state index < -0.39 is 6.10 Å². The summed E-state index contributed by atoms with van der Waals surface area (Å²) >= 11 is 0. The number of carbonyl (C=O) groups is 1. The molecule has 0 amide bonds. The maximum Gasteiger partial charge on any atom is 0.139 e. The molecule has 176 valence electrons. The van der Waals surface area contributed by atoms with Crippen molar-refractivity contribution in [1.29, 1.82) is 0 Å².